The molecule has 1 aromatic carbocycles. The highest BCUT2D eigenvalue weighted by molar-refractivity contribution is 5.78. The molecule has 0 saturated heterocycles. The normalized spacial score (nSPS) is 11.9. The molecule has 0 aliphatic carbocycles. The van der Waals surface area contributed by atoms with E-state index >= 15 is 0 Å². The number of anilines is 1. The van der Waals surface area contributed by atoms with Gasteiger partial charge in [-0.15, -0.1) is 0 Å². The van der Waals surface area contributed by atoms with Crippen LogP contribution in [0.1, 0.15) is 20.3 Å². The number of ether oxygens (including phenoxy) is 2. The van der Waals surface area contributed by atoms with Crippen LogP contribution in [0.3, 0.4) is 0 Å². The minimum absolute atomic E-state index is 0.0116. The van der Waals surface area contributed by atoms with E-state index < -0.39 is 0 Å². The lowest BCUT2D eigenvalue weighted by Crippen LogP contribution is -2.43. The summed E-state index contributed by atoms with van der Waals surface area (Å²) in [6, 6.07) is 7.32. The van der Waals surface area contributed by atoms with E-state index in [4.69, 9.17) is 15.2 Å². The summed E-state index contributed by atoms with van der Waals surface area (Å²) < 4.78 is 10.5. The third kappa shape index (κ3) is 4.74. The molecular formula is C15H24N2O3. The lowest BCUT2D eigenvalue weighted by atomic mass is 10.2. The van der Waals surface area contributed by atoms with Crippen LogP contribution < -0.4 is 10.5 Å². The Hall–Kier alpha value is -1.75. The molecule has 0 aliphatic rings. The molecule has 1 rings (SSSR count). The van der Waals surface area contributed by atoms with Crippen molar-refractivity contribution < 1.29 is 14.3 Å². The number of nitrogens with two attached hydrogens (primary N) is 1. The highest BCUT2D eigenvalue weighted by Gasteiger charge is 2.19. The molecule has 1 atom stereocenters. The van der Waals surface area contributed by atoms with Crippen LogP contribution in [0.15, 0.2) is 24.3 Å². The number of carbonyl (C=O) groups excluding carboxylic acids is 1. The number of hydrogen-bond acceptors (Lipinski definition) is 4. The maximum absolute atomic E-state index is 12.2. The van der Waals surface area contributed by atoms with Crippen LogP contribution in [-0.4, -0.2) is 43.7 Å². The Bertz CT molecular complexity index is 423. The van der Waals surface area contributed by atoms with Gasteiger partial charge in [-0.1, -0.05) is 19.1 Å². The van der Waals surface area contributed by atoms with Crippen molar-refractivity contribution in [1.82, 2.24) is 4.90 Å². The van der Waals surface area contributed by atoms with E-state index in [9.17, 15) is 4.79 Å². The summed E-state index contributed by atoms with van der Waals surface area (Å²) in [4.78, 5) is 14.0. The second kappa shape index (κ2) is 8.43. The number of hydrogen-bond donors (Lipinski definition) is 1. The standard InChI is InChI=1S/C15H24N2O3/c1-4-12(2)17(9-10-19-3)15(18)11-20-14-8-6-5-7-13(14)16/h5-8,12H,4,9-11,16H2,1-3H3. The molecule has 0 aliphatic heterocycles. The first kappa shape index (κ1) is 16.3. The van der Waals surface area contributed by atoms with Crippen LogP contribution in [0, 0.1) is 0 Å². The summed E-state index contributed by atoms with van der Waals surface area (Å²) in [5.41, 5.74) is 6.31. The molecule has 0 saturated carbocycles. The van der Waals surface area contributed by atoms with Gasteiger partial charge in [-0.2, -0.15) is 0 Å². The summed E-state index contributed by atoms with van der Waals surface area (Å²) in [6.45, 7) is 5.14. The zero-order valence-electron chi connectivity index (χ0n) is 12.5. The molecular weight excluding hydrogens is 256 g/mol. The van der Waals surface area contributed by atoms with Crippen molar-refractivity contribution in [3.05, 3.63) is 24.3 Å². The molecule has 0 spiro atoms. The quantitative estimate of drug-likeness (QED) is 0.739. The first-order chi connectivity index (χ1) is 9.60. The van der Waals surface area contributed by atoms with Gasteiger partial charge in [0, 0.05) is 19.7 Å². The number of para-hydroxylation sites is 2. The molecule has 5 heteroatoms. The molecule has 0 fully saturated rings. The van der Waals surface area contributed by atoms with Gasteiger partial charge in [0.2, 0.25) is 0 Å². The topological polar surface area (TPSA) is 64.8 Å². The summed E-state index contributed by atoms with van der Waals surface area (Å²) >= 11 is 0. The average molecular weight is 280 g/mol. The van der Waals surface area contributed by atoms with Crippen molar-refractivity contribution in [3.8, 4) is 5.75 Å². The summed E-state index contributed by atoms with van der Waals surface area (Å²) in [7, 11) is 1.63. The Balaban J connectivity index is 2.59. The minimum Gasteiger partial charge on any atom is -0.482 e. The van der Waals surface area contributed by atoms with E-state index in [-0.39, 0.29) is 18.6 Å². The predicted octanol–water partition coefficient (Wildman–Crippen LogP) is 1.92. The highest BCUT2D eigenvalue weighted by atomic mass is 16.5. The molecule has 5 nitrogen and oxygen atoms in total. The molecule has 0 radical (unpaired) electrons. The lowest BCUT2D eigenvalue weighted by molar-refractivity contribution is -0.136. The van der Waals surface area contributed by atoms with Crippen molar-refractivity contribution >= 4 is 11.6 Å². The number of rotatable bonds is 8. The average Bonchev–Trinajstić information content (AvgIpc) is 2.46. The summed E-state index contributed by atoms with van der Waals surface area (Å²) in [5.74, 6) is 0.483. The number of nitrogens with zero attached hydrogens (tertiary/aromatic N) is 1. The van der Waals surface area contributed by atoms with Gasteiger partial charge in [-0.3, -0.25) is 4.79 Å². The van der Waals surface area contributed by atoms with Gasteiger partial charge in [0.25, 0.3) is 5.91 Å². The zero-order valence-corrected chi connectivity index (χ0v) is 12.5. The maximum Gasteiger partial charge on any atom is 0.260 e. The van der Waals surface area contributed by atoms with E-state index in [0.717, 1.165) is 6.42 Å². The number of carbonyl (C=O) groups is 1. The predicted molar refractivity (Wildman–Crippen MR) is 79.7 cm³/mol. The molecule has 1 unspecified atom stereocenters. The molecule has 1 aromatic rings. The van der Waals surface area contributed by atoms with Gasteiger partial charge in [0.05, 0.1) is 12.3 Å². The zero-order chi connectivity index (χ0) is 15.0. The molecule has 0 bridgehead atoms. The van der Waals surface area contributed by atoms with Crippen LogP contribution in [0.4, 0.5) is 5.69 Å². The van der Waals surface area contributed by atoms with Gasteiger partial charge in [0.1, 0.15) is 5.75 Å². The van der Waals surface area contributed by atoms with Crippen LogP contribution in [0.5, 0.6) is 5.75 Å². The van der Waals surface area contributed by atoms with E-state index in [1.807, 2.05) is 26.0 Å². The van der Waals surface area contributed by atoms with Crippen molar-refractivity contribution in [2.75, 3.05) is 32.6 Å². The fourth-order valence-corrected chi connectivity index (χ4v) is 1.84. The van der Waals surface area contributed by atoms with E-state index in [2.05, 4.69) is 0 Å². The molecule has 1 amide bonds. The summed E-state index contributed by atoms with van der Waals surface area (Å²) in [6.07, 6.45) is 0.892. The Labute approximate surface area is 120 Å². The van der Waals surface area contributed by atoms with Gasteiger partial charge in [-0.25, -0.2) is 0 Å². The van der Waals surface area contributed by atoms with E-state index in [0.29, 0.717) is 24.6 Å². The van der Waals surface area contributed by atoms with Crippen molar-refractivity contribution in [2.45, 2.75) is 26.3 Å². The van der Waals surface area contributed by atoms with E-state index in [1.54, 1.807) is 24.1 Å². The SMILES string of the molecule is CCC(C)N(CCOC)C(=O)COc1ccccc1N. The third-order valence-electron chi connectivity index (χ3n) is 3.25. The fraction of sp³-hybridized carbons (Fsp3) is 0.533. The highest BCUT2D eigenvalue weighted by Crippen LogP contribution is 2.19. The van der Waals surface area contributed by atoms with Crippen LogP contribution in [0.2, 0.25) is 0 Å². The molecule has 112 valence electrons. The first-order valence-corrected chi connectivity index (χ1v) is 6.85. The Morgan fingerprint density at radius 1 is 1.40 bits per heavy atom. The number of nitrogen functional groups attached to an aromatic ring is 1. The Morgan fingerprint density at radius 2 is 2.10 bits per heavy atom. The van der Waals surface area contributed by atoms with Crippen LogP contribution in [0.25, 0.3) is 0 Å². The van der Waals surface area contributed by atoms with Crippen LogP contribution >= 0.6 is 0 Å². The van der Waals surface area contributed by atoms with Crippen molar-refractivity contribution in [3.63, 3.8) is 0 Å². The Morgan fingerprint density at radius 3 is 2.70 bits per heavy atom. The summed E-state index contributed by atoms with van der Waals surface area (Å²) in [5, 5.41) is 0. The molecule has 0 aromatic heterocycles. The number of amides is 1. The second-order valence-corrected chi connectivity index (χ2v) is 4.66. The van der Waals surface area contributed by atoms with Crippen LogP contribution in [-0.2, 0) is 9.53 Å². The fourth-order valence-electron chi connectivity index (χ4n) is 1.84. The van der Waals surface area contributed by atoms with Crippen molar-refractivity contribution in [1.29, 1.82) is 0 Å². The first-order valence-electron chi connectivity index (χ1n) is 6.85. The third-order valence-corrected chi connectivity index (χ3v) is 3.25. The van der Waals surface area contributed by atoms with Gasteiger partial charge in [-0.05, 0) is 25.5 Å². The maximum atomic E-state index is 12.2. The van der Waals surface area contributed by atoms with Gasteiger partial charge in [0.15, 0.2) is 6.61 Å². The minimum atomic E-state index is -0.0559. The number of benzene rings is 1. The Kier molecular flexibility index (Phi) is 6.87. The van der Waals surface area contributed by atoms with Gasteiger partial charge >= 0.3 is 0 Å². The molecule has 20 heavy (non-hydrogen) atoms. The van der Waals surface area contributed by atoms with Gasteiger partial charge < -0.3 is 20.1 Å². The molecule has 0 heterocycles. The largest absolute Gasteiger partial charge is 0.482 e. The monoisotopic (exact) mass is 280 g/mol. The lowest BCUT2D eigenvalue weighted by Gasteiger charge is -2.28. The van der Waals surface area contributed by atoms with Crippen molar-refractivity contribution in [2.24, 2.45) is 0 Å². The van der Waals surface area contributed by atoms with E-state index in [1.165, 1.54) is 0 Å². The smallest absolute Gasteiger partial charge is 0.260 e. The molecule has 2 N–H and O–H groups in total. The second-order valence-electron chi connectivity index (χ2n) is 4.66. The number of methoxy groups -OCH3 is 1.